The molecule has 1 N–H and O–H groups in total. The van der Waals surface area contributed by atoms with Gasteiger partial charge in [-0.2, -0.15) is 0 Å². The molecular weight excluding hydrogens is 311 g/mol. The van der Waals surface area contributed by atoms with Gasteiger partial charge in [-0.25, -0.2) is 9.37 Å². The molecule has 0 bridgehead atoms. The number of fused-ring (bicyclic) bond motifs is 1. The summed E-state index contributed by atoms with van der Waals surface area (Å²) in [5.74, 6) is 0.239. The summed E-state index contributed by atoms with van der Waals surface area (Å²) in [5.41, 5.74) is 0.648. The van der Waals surface area contributed by atoms with E-state index in [2.05, 4.69) is 4.98 Å². The number of hydrogen-bond acceptors (Lipinski definition) is 4. The Morgan fingerprint density at radius 1 is 1.27 bits per heavy atom. The lowest BCUT2D eigenvalue weighted by atomic mass is 10.1. The number of aromatic nitrogens is 2. The van der Waals surface area contributed by atoms with E-state index in [0.717, 1.165) is 0 Å². The molecule has 0 amide bonds. The highest BCUT2D eigenvalue weighted by Crippen LogP contribution is 2.37. The maximum absolute atomic E-state index is 13.2. The first-order chi connectivity index (χ1) is 10.6. The van der Waals surface area contributed by atoms with Crippen LogP contribution >= 0.6 is 11.6 Å². The first-order valence-electron chi connectivity index (χ1n) is 7.04. The topological polar surface area (TPSA) is 56.5 Å². The zero-order valence-electron chi connectivity index (χ0n) is 11.5. The summed E-state index contributed by atoms with van der Waals surface area (Å²) in [6.07, 6.45) is 2.34. The fourth-order valence-electron chi connectivity index (χ4n) is 3.16. The molecule has 2 fully saturated rings. The Labute approximate surface area is 131 Å². The van der Waals surface area contributed by atoms with E-state index in [-0.39, 0.29) is 24.9 Å². The van der Waals surface area contributed by atoms with E-state index in [4.69, 9.17) is 21.1 Å². The van der Waals surface area contributed by atoms with Gasteiger partial charge in [-0.05, 0) is 18.2 Å². The third-order valence-electron chi connectivity index (χ3n) is 4.20. The van der Waals surface area contributed by atoms with E-state index >= 15 is 0 Å². The summed E-state index contributed by atoms with van der Waals surface area (Å²) >= 11 is 6.14. The van der Waals surface area contributed by atoms with E-state index in [9.17, 15) is 9.50 Å². The summed E-state index contributed by atoms with van der Waals surface area (Å²) in [6, 6.07) is 4.12. The number of imidazole rings is 1. The number of halogens is 2. The normalized spacial score (nSPS) is 30.7. The Morgan fingerprint density at radius 3 is 2.91 bits per heavy atom. The Bertz CT molecular complexity index is 708. The molecule has 2 aliphatic rings. The molecule has 116 valence electrons. The SMILES string of the molecule is O[C@@H]1CO[C@H]2[C@@H]1OC[C@H]2n1ccnc1-c1ccc(F)cc1Cl. The molecule has 7 heteroatoms. The molecule has 5 nitrogen and oxygen atoms in total. The predicted molar refractivity (Wildman–Crippen MR) is 77.2 cm³/mol. The maximum Gasteiger partial charge on any atom is 0.141 e. The van der Waals surface area contributed by atoms with Gasteiger partial charge in [0.15, 0.2) is 0 Å². The van der Waals surface area contributed by atoms with Crippen molar-refractivity contribution in [3.8, 4) is 11.4 Å². The second-order valence-corrected chi connectivity index (χ2v) is 5.92. The summed E-state index contributed by atoms with van der Waals surface area (Å²) in [7, 11) is 0. The highest BCUT2D eigenvalue weighted by atomic mass is 35.5. The average molecular weight is 325 g/mol. The molecule has 0 saturated carbocycles. The molecule has 0 radical (unpaired) electrons. The van der Waals surface area contributed by atoms with Gasteiger partial charge in [0.1, 0.15) is 30.0 Å². The van der Waals surface area contributed by atoms with Crippen molar-refractivity contribution in [2.75, 3.05) is 13.2 Å². The van der Waals surface area contributed by atoms with Crippen LogP contribution in [0.1, 0.15) is 6.04 Å². The smallest absolute Gasteiger partial charge is 0.141 e. The first kappa shape index (κ1) is 14.1. The van der Waals surface area contributed by atoms with Crippen LogP contribution in [0.25, 0.3) is 11.4 Å². The van der Waals surface area contributed by atoms with Crippen LogP contribution in [-0.2, 0) is 9.47 Å². The van der Waals surface area contributed by atoms with Gasteiger partial charge in [0.25, 0.3) is 0 Å². The minimum atomic E-state index is -0.601. The number of benzene rings is 1. The van der Waals surface area contributed by atoms with Crippen LogP contribution in [0.5, 0.6) is 0 Å². The van der Waals surface area contributed by atoms with Gasteiger partial charge in [0.2, 0.25) is 0 Å². The van der Waals surface area contributed by atoms with Crippen molar-refractivity contribution in [1.82, 2.24) is 9.55 Å². The number of rotatable bonds is 2. The van der Waals surface area contributed by atoms with Crippen LogP contribution in [0.15, 0.2) is 30.6 Å². The number of aliphatic hydroxyl groups excluding tert-OH is 1. The van der Waals surface area contributed by atoms with Gasteiger partial charge in [0, 0.05) is 18.0 Å². The van der Waals surface area contributed by atoms with Crippen LogP contribution in [0.3, 0.4) is 0 Å². The van der Waals surface area contributed by atoms with Crippen molar-refractivity contribution in [3.05, 3.63) is 41.4 Å². The van der Waals surface area contributed by atoms with Crippen LogP contribution in [0.2, 0.25) is 5.02 Å². The molecule has 2 aromatic rings. The standard InChI is InChI=1S/C15H14ClFN2O3/c16-10-5-8(17)1-2-9(10)15-18-3-4-19(15)11-6-21-14-12(20)7-22-13(11)14/h1-5,11-14,20H,6-7H2/t11-,12-,13-,14-/m1/s1. The monoisotopic (exact) mass is 324 g/mol. The Hall–Kier alpha value is -1.47. The van der Waals surface area contributed by atoms with E-state index < -0.39 is 11.9 Å². The molecule has 2 aliphatic heterocycles. The molecular formula is C15H14ClFN2O3. The van der Waals surface area contributed by atoms with Crippen molar-refractivity contribution < 1.29 is 19.0 Å². The summed E-state index contributed by atoms with van der Waals surface area (Å²) in [4.78, 5) is 4.34. The quantitative estimate of drug-likeness (QED) is 0.918. The molecule has 4 rings (SSSR count). The average Bonchev–Trinajstić information content (AvgIpc) is 3.17. The third-order valence-corrected chi connectivity index (χ3v) is 4.51. The minimum absolute atomic E-state index is 0.0965. The number of aliphatic hydroxyl groups is 1. The van der Waals surface area contributed by atoms with Crippen molar-refractivity contribution in [3.63, 3.8) is 0 Å². The molecule has 0 unspecified atom stereocenters. The van der Waals surface area contributed by atoms with Crippen LogP contribution in [0.4, 0.5) is 4.39 Å². The molecule has 0 aliphatic carbocycles. The lowest BCUT2D eigenvalue weighted by molar-refractivity contribution is 0.0172. The van der Waals surface area contributed by atoms with Gasteiger partial charge in [0.05, 0.1) is 24.3 Å². The molecule has 22 heavy (non-hydrogen) atoms. The third kappa shape index (κ3) is 2.14. The number of ether oxygens (including phenoxy) is 2. The molecule has 1 aromatic heterocycles. The maximum atomic E-state index is 13.2. The fourth-order valence-corrected chi connectivity index (χ4v) is 3.41. The van der Waals surface area contributed by atoms with Crippen LogP contribution in [0, 0.1) is 5.82 Å². The Kier molecular flexibility index (Phi) is 3.41. The van der Waals surface area contributed by atoms with Gasteiger partial charge in [-0.1, -0.05) is 11.6 Å². The summed E-state index contributed by atoms with van der Waals surface area (Å²) in [5, 5.41) is 10.1. The van der Waals surface area contributed by atoms with Crippen LogP contribution in [-0.4, -0.2) is 46.2 Å². The zero-order chi connectivity index (χ0) is 15.3. The van der Waals surface area contributed by atoms with Crippen molar-refractivity contribution in [2.45, 2.75) is 24.4 Å². The lowest BCUT2D eigenvalue weighted by Crippen LogP contribution is -2.30. The second-order valence-electron chi connectivity index (χ2n) is 5.51. The van der Waals surface area contributed by atoms with Gasteiger partial charge in [-0.15, -0.1) is 0 Å². The fraction of sp³-hybridized carbons (Fsp3) is 0.400. The van der Waals surface area contributed by atoms with Gasteiger partial charge >= 0.3 is 0 Å². The molecule has 4 atom stereocenters. The molecule has 2 saturated heterocycles. The number of nitrogens with zero attached hydrogens (tertiary/aromatic N) is 2. The van der Waals surface area contributed by atoms with E-state index in [0.29, 0.717) is 23.0 Å². The van der Waals surface area contributed by atoms with Crippen molar-refractivity contribution in [1.29, 1.82) is 0 Å². The minimum Gasteiger partial charge on any atom is -0.388 e. The lowest BCUT2D eigenvalue weighted by Gasteiger charge is -2.20. The van der Waals surface area contributed by atoms with Gasteiger partial charge in [-0.3, -0.25) is 0 Å². The van der Waals surface area contributed by atoms with Crippen molar-refractivity contribution in [2.24, 2.45) is 0 Å². The highest BCUT2D eigenvalue weighted by Gasteiger charge is 2.48. The molecule has 1 aromatic carbocycles. The zero-order valence-corrected chi connectivity index (χ0v) is 12.3. The second kappa shape index (κ2) is 5.31. The van der Waals surface area contributed by atoms with Crippen molar-refractivity contribution >= 4 is 11.6 Å². The number of hydrogen-bond donors (Lipinski definition) is 1. The molecule has 0 spiro atoms. The Balaban J connectivity index is 1.72. The summed E-state index contributed by atoms with van der Waals surface area (Å²) in [6.45, 7) is 0.696. The Morgan fingerprint density at radius 2 is 2.09 bits per heavy atom. The first-order valence-corrected chi connectivity index (χ1v) is 7.42. The van der Waals surface area contributed by atoms with Crippen LogP contribution < -0.4 is 0 Å². The van der Waals surface area contributed by atoms with E-state index in [1.54, 1.807) is 12.3 Å². The summed E-state index contributed by atoms with van der Waals surface area (Å²) < 4.78 is 26.4. The highest BCUT2D eigenvalue weighted by molar-refractivity contribution is 6.33. The van der Waals surface area contributed by atoms with Gasteiger partial charge < -0.3 is 19.1 Å². The predicted octanol–water partition coefficient (Wildman–Crippen LogP) is 2.04. The molecule has 3 heterocycles. The van der Waals surface area contributed by atoms with E-state index in [1.165, 1.54) is 12.1 Å². The van der Waals surface area contributed by atoms with E-state index in [1.807, 2.05) is 10.8 Å². The largest absolute Gasteiger partial charge is 0.388 e.